The van der Waals surface area contributed by atoms with Gasteiger partial charge in [0.25, 0.3) is 0 Å². The van der Waals surface area contributed by atoms with Crippen molar-refractivity contribution < 1.29 is 4.79 Å². The highest BCUT2D eigenvalue weighted by Gasteiger charge is 2.13. The number of ketones is 1. The Morgan fingerprint density at radius 3 is 2.87 bits per heavy atom. The van der Waals surface area contributed by atoms with Crippen LogP contribution in [0.2, 0.25) is 0 Å². The molecule has 4 nitrogen and oxygen atoms in total. The van der Waals surface area contributed by atoms with Crippen LogP contribution in [0, 0.1) is 0 Å². The van der Waals surface area contributed by atoms with Crippen LogP contribution >= 0.6 is 0 Å². The predicted molar refractivity (Wildman–Crippen MR) is 60.2 cm³/mol. The third-order valence-electron chi connectivity index (χ3n) is 2.17. The molecular weight excluding hydrogens is 190 g/mol. The Bertz CT molecular complexity index is 373. The van der Waals surface area contributed by atoms with E-state index in [1.54, 1.807) is 0 Å². The van der Waals surface area contributed by atoms with Crippen molar-refractivity contribution >= 4 is 17.3 Å². The molecule has 0 radical (unpaired) electrons. The summed E-state index contributed by atoms with van der Waals surface area (Å²) in [4.78, 5) is 15.6. The molecule has 0 spiro atoms. The Kier molecular flexibility index (Phi) is 2.97. The molecular formula is C11H13N3O. The highest BCUT2D eigenvalue weighted by molar-refractivity contribution is 6.40. The number of hydrogen-bond donors (Lipinski definition) is 2. The minimum atomic E-state index is 0.0105. The number of nitrogens with zero attached hydrogens (tertiary/aromatic N) is 1. The van der Waals surface area contributed by atoms with Crippen molar-refractivity contribution in [2.75, 3.05) is 25.0 Å². The molecule has 0 fully saturated rings. The number of anilines is 1. The van der Waals surface area contributed by atoms with Crippen LogP contribution in [0.15, 0.2) is 35.3 Å². The highest BCUT2D eigenvalue weighted by atomic mass is 16.1. The van der Waals surface area contributed by atoms with E-state index >= 15 is 0 Å². The SMILES string of the molecule is O=C(CNc1ccccc1)C1=NCCN1. The summed E-state index contributed by atoms with van der Waals surface area (Å²) in [5, 5.41) is 6.00. The van der Waals surface area contributed by atoms with E-state index < -0.39 is 0 Å². The van der Waals surface area contributed by atoms with E-state index in [1.165, 1.54) is 0 Å². The average Bonchev–Trinajstić information content (AvgIpc) is 2.81. The Balaban J connectivity index is 1.86. The van der Waals surface area contributed by atoms with E-state index in [9.17, 15) is 4.79 Å². The average molecular weight is 203 g/mol. The Morgan fingerprint density at radius 2 is 2.20 bits per heavy atom. The maximum absolute atomic E-state index is 11.6. The van der Waals surface area contributed by atoms with Crippen LogP contribution in [-0.2, 0) is 4.79 Å². The molecule has 2 rings (SSSR count). The number of aliphatic imine (C=N–C) groups is 1. The van der Waals surface area contributed by atoms with Crippen molar-refractivity contribution in [3.8, 4) is 0 Å². The number of carbonyl (C=O) groups is 1. The zero-order valence-corrected chi connectivity index (χ0v) is 8.36. The molecule has 0 aliphatic carbocycles. The van der Waals surface area contributed by atoms with Gasteiger partial charge in [-0.2, -0.15) is 0 Å². The van der Waals surface area contributed by atoms with Crippen LogP contribution in [-0.4, -0.2) is 31.3 Å². The second-order valence-electron chi connectivity index (χ2n) is 3.30. The van der Waals surface area contributed by atoms with Crippen LogP contribution in [0.3, 0.4) is 0 Å². The van der Waals surface area contributed by atoms with Gasteiger partial charge in [-0.1, -0.05) is 18.2 Å². The lowest BCUT2D eigenvalue weighted by atomic mass is 10.3. The summed E-state index contributed by atoms with van der Waals surface area (Å²) in [5.74, 6) is 0.509. The quantitative estimate of drug-likeness (QED) is 0.756. The van der Waals surface area contributed by atoms with E-state index in [2.05, 4.69) is 15.6 Å². The number of carbonyl (C=O) groups excluding carboxylic acids is 1. The fourth-order valence-corrected chi connectivity index (χ4v) is 1.41. The summed E-state index contributed by atoms with van der Waals surface area (Å²) in [5.41, 5.74) is 0.949. The first-order valence-corrected chi connectivity index (χ1v) is 4.97. The summed E-state index contributed by atoms with van der Waals surface area (Å²) in [6.07, 6.45) is 0. The van der Waals surface area contributed by atoms with E-state index in [1.807, 2.05) is 30.3 Å². The summed E-state index contributed by atoms with van der Waals surface area (Å²) in [6.45, 7) is 1.76. The first-order valence-electron chi connectivity index (χ1n) is 4.97. The molecule has 1 aromatic carbocycles. The van der Waals surface area contributed by atoms with Crippen molar-refractivity contribution in [1.82, 2.24) is 5.32 Å². The molecule has 0 amide bonds. The predicted octanol–water partition coefficient (Wildman–Crippen LogP) is 0.669. The number of hydrogen-bond acceptors (Lipinski definition) is 4. The maximum atomic E-state index is 11.6. The molecule has 0 bridgehead atoms. The van der Waals surface area contributed by atoms with Crippen LogP contribution in [0.1, 0.15) is 0 Å². The van der Waals surface area contributed by atoms with Gasteiger partial charge < -0.3 is 10.6 Å². The van der Waals surface area contributed by atoms with E-state index in [0.29, 0.717) is 12.4 Å². The van der Waals surface area contributed by atoms with Crippen molar-refractivity contribution in [3.63, 3.8) is 0 Å². The molecule has 0 saturated heterocycles. The molecule has 1 aliphatic rings. The molecule has 1 heterocycles. The van der Waals surface area contributed by atoms with Crippen LogP contribution < -0.4 is 10.6 Å². The number of para-hydroxylation sites is 1. The van der Waals surface area contributed by atoms with Crippen molar-refractivity contribution in [2.45, 2.75) is 0 Å². The number of benzene rings is 1. The van der Waals surface area contributed by atoms with Gasteiger partial charge in [-0.05, 0) is 12.1 Å². The topological polar surface area (TPSA) is 53.5 Å². The number of amidine groups is 1. The molecule has 0 unspecified atom stereocenters. The summed E-state index contributed by atoms with van der Waals surface area (Å²) in [7, 11) is 0. The summed E-state index contributed by atoms with van der Waals surface area (Å²) >= 11 is 0. The maximum Gasteiger partial charge on any atom is 0.216 e. The van der Waals surface area contributed by atoms with Gasteiger partial charge in [-0.25, -0.2) is 0 Å². The zero-order chi connectivity index (χ0) is 10.5. The monoisotopic (exact) mass is 203 g/mol. The van der Waals surface area contributed by atoms with E-state index in [0.717, 1.165) is 12.2 Å². The number of nitrogens with one attached hydrogen (secondary N) is 2. The molecule has 0 saturated carbocycles. The highest BCUT2D eigenvalue weighted by Crippen LogP contribution is 2.04. The van der Waals surface area contributed by atoms with Gasteiger partial charge in [0.2, 0.25) is 5.78 Å². The molecule has 0 aromatic heterocycles. The first-order chi connectivity index (χ1) is 7.36. The zero-order valence-electron chi connectivity index (χ0n) is 8.36. The second kappa shape index (κ2) is 4.59. The lowest BCUT2D eigenvalue weighted by Gasteiger charge is -2.05. The van der Waals surface area contributed by atoms with Gasteiger partial charge in [0, 0.05) is 12.2 Å². The smallest absolute Gasteiger partial charge is 0.216 e. The first kappa shape index (κ1) is 9.71. The Hall–Kier alpha value is -1.84. The molecule has 2 N–H and O–H groups in total. The van der Waals surface area contributed by atoms with Crippen LogP contribution in [0.25, 0.3) is 0 Å². The minimum Gasteiger partial charge on any atom is -0.377 e. The lowest BCUT2D eigenvalue weighted by Crippen LogP contribution is -2.31. The standard InChI is InChI=1S/C11H13N3O/c15-10(11-12-6-7-13-11)8-14-9-4-2-1-3-5-9/h1-5,14H,6-8H2,(H,12,13). The minimum absolute atomic E-state index is 0.0105. The van der Waals surface area contributed by atoms with Gasteiger partial charge >= 0.3 is 0 Å². The van der Waals surface area contributed by atoms with Crippen molar-refractivity contribution in [2.24, 2.45) is 4.99 Å². The molecule has 0 atom stereocenters. The second-order valence-corrected chi connectivity index (χ2v) is 3.30. The van der Waals surface area contributed by atoms with E-state index in [4.69, 9.17) is 0 Å². The van der Waals surface area contributed by atoms with Gasteiger partial charge in [-0.15, -0.1) is 0 Å². The normalized spacial score (nSPS) is 14.3. The molecule has 15 heavy (non-hydrogen) atoms. The third-order valence-corrected chi connectivity index (χ3v) is 2.17. The molecule has 4 heteroatoms. The Labute approximate surface area is 88.4 Å². The van der Waals surface area contributed by atoms with Gasteiger partial charge in [-0.3, -0.25) is 9.79 Å². The molecule has 78 valence electrons. The van der Waals surface area contributed by atoms with E-state index in [-0.39, 0.29) is 12.3 Å². The summed E-state index contributed by atoms with van der Waals surface area (Å²) in [6, 6.07) is 9.65. The largest absolute Gasteiger partial charge is 0.377 e. The van der Waals surface area contributed by atoms with Gasteiger partial charge in [0.15, 0.2) is 5.84 Å². The lowest BCUT2D eigenvalue weighted by molar-refractivity contribution is -0.111. The number of Topliss-reactive ketones (excluding diaryl/α,β-unsaturated/α-hetero) is 1. The fourth-order valence-electron chi connectivity index (χ4n) is 1.41. The number of rotatable bonds is 4. The molecule has 1 aliphatic heterocycles. The van der Waals surface area contributed by atoms with Crippen LogP contribution in [0.5, 0.6) is 0 Å². The summed E-state index contributed by atoms with van der Waals surface area (Å²) < 4.78 is 0. The van der Waals surface area contributed by atoms with Gasteiger partial charge in [0.1, 0.15) is 0 Å². The van der Waals surface area contributed by atoms with Crippen LogP contribution in [0.4, 0.5) is 5.69 Å². The van der Waals surface area contributed by atoms with Crippen molar-refractivity contribution in [1.29, 1.82) is 0 Å². The Morgan fingerprint density at radius 1 is 1.40 bits per heavy atom. The van der Waals surface area contributed by atoms with Gasteiger partial charge in [0.05, 0.1) is 13.1 Å². The third kappa shape index (κ3) is 2.56. The molecule has 1 aromatic rings. The fraction of sp³-hybridized carbons (Fsp3) is 0.273. The van der Waals surface area contributed by atoms with Crippen molar-refractivity contribution in [3.05, 3.63) is 30.3 Å².